The molecule has 114 heavy (non-hydrogen) atoms. The van der Waals surface area contributed by atoms with Gasteiger partial charge in [-0.05, 0) is 157 Å². The number of hydrogen-bond acceptors (Lipinski definition) is 18. The SMILES string of the molecule is COc1ccc(COCC2O[C@@H](O[C@@H]3C(NC(=O)Nc4cccc(C(F)(F)F)c4)COC(COCc4ccc(OC)cc4)[C@@H]3NC(=O)C(CCC(=O)OC(C)(C)C)NC(=O)OCC3c4ccccc4-c4ccccc43)C(NC(=O)Nc3cccc(C(F)(F)F)c3)[C@@H](OCc3ccc(OC)cc3)[C@@H]2OCc2ccc(OC)cc2)cc1. The summed E-state index contributed by atoms with van der Waals surface area (Å²) in [6.45, 7) is 2.93. The Balaban J connectivity index is 1.03. The molecule has 0 aromatic heterocycles. The van der Waals surface area contributed by atoms with E-state index in [9.17, 15) is 40.7 Å². The maximum Gasteiger partial charge on any atom is 0.416 e. The van der Waals surface area contributed by atoms with Crippen LogP contribution in [0.3, 0.4) is 0 Å². The van der Waals surface area contributed by atoms with E-state index in [1.54, 1.807) is 118 Å². The highest BCUT2D eigenvalue weighted by Crippen LogP contribution is 2.45. The van der Waals surface area contributed by atoms with E-state index in [-0.39, 0.29) is 51.0 Å². The maximum absolute atomic E-state index is 15.9. The number of esters is 1. The molecule has 11 rings (SSSR count). The van der Waals surface area contributed by atoms with Crippen LogP contribution in [0, 0.1) is 0 Å². The van der Waals surface area contributed by atoms with Crippen LogP contribution in [0.4, 0.5) is 52.1 Å². The molecule has 8 aromatic carbocycles. The van der Waals surface area contributed by atoms with Gasteiger partial charge >= 0.3 is 36.5 Å². The van der Waals surface area contributed by atoms with E-state index in [2.05, 4.69) is 31.9 Å². The number of alkyl carbamates (subject to hydrolysis) is 1. The van der Waals surface area contributed by atoms with E-state index < -0.39 is 152 Å². The zero-order chi connectivity index (χ0) is 81.1. The number of methoxy groups -OCH3 is 4. The van der Waals surface area contributed by atoms with Gasteiger partial charge in [0.05, 0.1) is 97.9 Å². The first-order chi connectivity index (χ1) is 54.7. The molecule has 2 saturated heterocycles. The minimum Gasteiger partial charge on any atom is -0.497 e. The van der Waals surface area contributed by atoms with Crippen molar-refractivity contribution in [2.24, 2.45) is 0 Å². The Hall–Kier alpha value is -11.0. The first kappa shape index (κ1) is 83.9. The molecule has 3 aliphatic rings. The maximum atomic E-state index is 15.9. The van der Waals surface area contributed by atoms with Gasteiger partial charge in [-0.1, -0.05) is 109 Å². The van der Waals surface area contributed by atoms with E-state index in [0.717, 1.165) is 52.6 Å². The second-order valence-electron chi connectivity index (χ2n) is 28.2. The molecule has 0 bridgehead atoms. The van der Waals surface area contributed by atoms with Crippen molar-refractivity contribution in [1.82, 2.24) is 21.3 Å². The van der Waals surface area contributed by atoms with Crippen molar-refractivity contribution >= 4 is 41.4 Å². The van der Waals surface area contributed by atoms with Crippen molar-refractivity contribution in [3.63, 3.8) is 0 Å². The molecule has 10 atom stereocenters. The highest BCUT2D eigenvalue weighted by molar-refractivity contribution is 5.91. The highest BCUT2D eigenvalue weighted by Gasteiger charge is 2.53. The lowest BCUT2D eigenvalue weighted by molar-refractivity contribution is -0.309. The lowest BCUT2D eigenvalue weighted by atomic mass is 9.92. The monoisotopic (exact) mass is 1580 g/mol. The van der Waals surface area contributed by atoms with Crippen LogP contribution in [-0.2, 0) is 91.0 Å². The smallest absolute Gasteiger partial charge is 0.416 e. The summed E-state index contributed by atoms with van der Waals surface area (Å²) in [5.74, 6) is -0.0546. The van der Waals surface area contributed by atoms with E-state index in [1.807, 2.05) is 48.5 Å². The Morgan fingerprint density at radius 2 is 0.947 bits per heavy atom. The predicted octanol–water partition coefficient (Wildman–Crippen LogP) is 14.1. The van der Waals surface area contributed by atoms with Crippen LogP contribution in [0.2, 0.25) is 0 Å². The number of benzene rings is 8. The standard InChI is InChI=1S/C84H90F6N6O18/c1-82(2,3)114-71(97)39-38-67(94-81(101)111-46-66-64-20-10-8-18-62(64)63-19-9-11-21-65(63)66)77(98)95-72-69(48-106-42-50-22-30-58(102-4)31-23-50)108-47-68(93-79(99)91-56-16-12-14-54(40-56)83(85,86)87)74(72)113-78-73(96-80(100)92-57-17-13-15-55(41-57)84(88,89)90)76(110-45-53-28-36-61(105-7)37-29-53)75(109-44-52-26-34-60(104-6)35-27-52)70(112-78)49-107-43-51-24-32-59(103-5)33-25-51/h8-37,40-41,66-70,72-76,78H,38-39,42-49H2,1-7H3,(H,94,101)(H,95,98)(H2,91,93,99)(H2,92,96,100)/t67?,68?,69?,70?,72-,73?,74+,75+,76+,78-/m0/s1. The number of nitrogens with one attached hydrogen (secondary N) is 6. The number of carbonyl (C=O) groups excluding carboxylic acids is 5. The van der Waals surface area contributed by atoms with E-state index >= 15 is 9.59 Å². The number of fused-ring (bicyclic) bond motifs is 3. The number of alkyl halides is 6. The topological polar surface area (TPSA) is 278 Å². The van der Waals surface area contributed by atoms with Crippen molar-refractivity contribution < 1.29 is 112 Å². The lowest BCUT2D eigenvalue weighted by Crippen LogP contribution is -2.71. The van der Waals surface area contributed by atoms with E-state index in [1.165, 1.54) is 40.6 Å². The number of carbonyl (C=O) groups is 5. The molecule has 0 saturated carbocycles. The third kappa shape index (κ3) is 23.1. The summed E-state index contributed by atoms with van der Waals surface area (Å²) in [6.07, 6.45) is -20.8. The van der Waals surface area contributed by atoms with Gasteiger partial charge in [-0.25, -0.2) is 14.4 Å². The second kappa shape index (κ2) is 38.7. The van der Waals surface area contributed by atoms with Crippen molar-refractivity contribution in [3.8, 4) is 34.1 Å². The zero-order valence-corrected chi connectivity index (χ0v) is 63.5. The summed E-state index contributed by atoms with van der Waals surface area (Å²) < 4.78 is 167. The van der Waals surface area contributed by atoms with Gasteiger partial charge in [0.1, 0.15) is 77.8 Å². The molecule has 2 aliphatic heterocycles. The number of urea groups is 2. The molecule has 0 radical (unpaired) electrons. The quantitative estimate of drug-likeness (QED) is 0.0169. The molecule has 8 aromatic rings. The summed E-state index contributed by atoms with van der Waals surface area (Å²) in [5, 5.41) is 16.3. The molecular weight excluding hydrogens is 1490 g/mol. The fourth-order valence-corrected chi connectivity index (χ4v) is 13.4. The molecule has 606 valence electrons. The zero-order valence-electron chi connectivity index (χ0n) is 63.5. The Morgan fingerprint density at radius 3 is 1.42 bits per heavy atom. The summed E-state index contributed by atoms with van der Waals surface area (Å²) in [6, 6.07) is 41.8. The highest BCUT2D eigenvalue weighted by atomic mass is 19.4. The van der Waals surface area contributed by atoms with Crippen LogP contribution in [0.15, 0.2) is 194 Å². The summed E-state index contributed by atoms with van der Waals surface area (Å²) in [7, 11) is 6.01. The minimum atomic E-state index is -4.85. The Labute approximate surface area is 655 Å². The molecule has 1 aliphatic carbocycles. The van der Waals surface area contributed by atoms with Crippen LogP contribution < -0.4 is 50.8 Å². The lowest BCUT2D eigenvalue weighted by Gasteiger charge is -2.49. The van der Waals surface area contributed by atoms with Gasteiger partial charge in [-0.2, -0.15) is 26.3 Å². The Bertz CT molecular complexity index is 4470. The molecule has 6 N–H and O–H groups in total. The van der Waals surface area contributed by atoms with Crippen LogP contribution in [-0.4, -0.2) is 151 Å². The summed E-state index contributed by atoms with van der Waals surface area (Å²) in [5.41, 5.74) is 2.35. The Kier molecular flexibility index (Phi) is 28.5. The van der Waals surface area contributed by atoms with E-state index in [0.29, 0.717) is 51.3 Å². The number of ether oxygens (including phenoxy) is 13. The fraction of sp³-hybridized carbons (Fsp3) is 0.369. The fourth-order valence-electron chi connectivity index (χ4n) is 13.4. The van der Waals surface area contributed by atoms with Crippen molar-refractivity contribution in [2.45, 2.75) is 145 Å². The molecule has 5 unspecified atom stereocenters. The van der Waals surface area contributed by atoms with Crippen molar-refractivity contribution in [2.75, 3.05) is 65.5 Å². The van der Waals surface area contributed by atoms with Crippen molar-refractivity contribution in [1.29, 1.82) is 0 Å². The number of halogens is 6. The van der Waals surface area contributed by atoms with Gasteiger partial charge in [0, 0.05) is 23.7 Å². The van der Waals surface area contributed by atoms with Crippen LogP contribution in [0.5, 0.6) is 23.0 Å². The van der Waals surface area contributed by atoms with Crippen LogP contribution in [0.25, 0.3) is 11.1 Å². The number of rotatable bonds is 32. The van der Waals surface area contributed by atoms with Crippen LogP contribution in [0.1, 0.15) is 84.0 Å². The third-order valence-corrected chi connectivity index (χ3v) is 19.0. The van der Waals surface area contributed by atoms with Gasteiger partial charge in [-0.15, -0.1) is 0 Å². The Morgan fingerprint density at radius 1 is 0.491 bits per heavy atom. The average Bonchev–Trinajstić information content (AvgIpc) is 1.38. The van der Waals surface area contributed by atoms with E-state index in [4.69, 9.17) is 61.6 Å². The average molecular weight is 1590 g/mol. The third-order valence-electron chi connectivity index (χ3n) is 19.0. The minimum absolute atomic E-state index is 0.0442. The molecule has 2 fully saturated rings. The molecule has 24 nitrogen and oxygen atoms in total. The molecule has 6 amide bonds. The first-order valence-electron chi connectivity index (χ1n) is 36.7. The van der Waals surface area contributed by atoms with Crippen LogP contribution >= 0.6 is 0 Å². The second-order valence-corrected chi connectivity index (χ2v) is 28.2. The van der Waals surface area contributed by atoms with Gasteiger partial charge < -0.3 is 93.5 Å². The number of anilines is 2. The number of amides is 6. The first-order valence-corrected chi connectivity index (χ1v) is 36.7. The molecular formula is C84H90F6N6O18. The molecule has 0 spiro atoms. The normalized spacial score (nSPS) is 19.7. The van der Waals surface area contributed by atoms with Gasteiger partial charge in [0.15, 0.2) is 6.29 Å². The summed E-state index contributed by atoms with van der Waals surface area (Å²) >= 11 is 0. The molecule has 30 heteroatoms. The van der Waals surface area contributed by atoms with Crippen molar-refractivity contribution in [3.05, 3.63) is 239 Å². The van der Waals surface area contributed by atoms with Gasteiger partial charge in [0.25, 0.3) is 0 Å². The molecule has 2 heterocycles. The van der Waals surface area contributed by atoms with Gasteiger partial charge in [-0.3, -0.25) is 9.59 Å². The largest absolute Gasteiger partial charge is 0.497 e. The predicted molar refractivity (Wildman–Crippen MR) is 405 cm³/mol. The number of hydrogen-bond donors (Lipinski definition) is 6. The van der Waals surface area contributed by atoms with Gasteiger partial charge in [0.2, 0.25) is 5.91 Å². The summed E-state index contributed by atoms with van der Waals surface area (Å²) in [4.78, 5) is 73.9.